The minimum Gasteiger partial charge on any atom is -0.369 e. The van der Waals surface area contributed by atoms with Crippen LogP contribution in [-0.2, 0) is 0 Å². The smallest absolute Gasteiger partial charge is 0.198 e. The molecule has 0 atom stereocenters. The molecule has 19 heavy (non-hydrogen) atoms. The van der Waals surface area contributed by atoms with E-state index in [-0.39, 0.29) is 0 Å². The Morgan fingerprint density at radius 3 is 2.26 bits per heavy atom. The lowest BCUT2D eigenvalue weighted by Gasteiger charge is -2.03. The van der Waals surface area contributed by atoms with Crippen LogP contribution >= 0.6 is 11.6 Å². The summed E-state index contributed by atoms with van der Waals surface area (Å²) in [6.45, 7) is 0. The molecule has 0 saturated heterocycles. The summed E-state index contributed by atoms with van der Waals surface area (Å²) >= 11 is 5.91. The first-order chi connectivity index (χ1) is 9.24. The van der Waals surface area contributed by atoms with Crippen LogP contribution in [0.2, 0.25) is 5.02 Å². The third-order valence-corrected chi connectivity index (χ3v) is 3.15. The number of rotatable bonds is 2. The molecule has 1 heterocycles. The maximum atomic E-state index is 5.91. The van der Waals surface area contributed by atoms with Crippen LogP contribution in [-0.4, -0.2) is 9.97 Å². The van der Waals surface area contributed by atoms with Crippen molar-refractivity contribution in [2.45, 2.75) is 0 Å². The van der Waals surface area contributed by atoms with Crippen molar-refractivity contribution < 1.29 is 0 Å². The Labute approximate surface area is 116 Å². The van der Waals surface area contributed by atoms with Gasteiger partial charge in [0.15, 0.2) is 5.95 Å². The predicted octanol–water partition coefficient (Wildman–Crippen LogP) is 3.98. The zero-order valence-electron chi connectivity index (χ0n) is 10.1. The summed E-state index contributed by atoms with van der Waals surface area (Å²) < 4.78 is 0. The van der Waals surface area contributed by atoms with E-state index in [0.29, 0.717) is 11.0 Å². The first-order valence-electron chi connectivity index (χ1n) is 5.91. The van der Waals surface area contributed by atoms with Gasteiger partial charge >= 0.3 is 0 Å². The van der Waals surface area contributed by atoms with Crippen LogP contribution < -0.4 is 5.73 Å². The molecule has 3 aromatic rings. The monoisotopic (exact) mass is 269 g/mol. The highest BCUT2D eigenvalue weighted by molar-refractivity contribution is 6.30. The van der Waals surface area contributed by atoms with Gasteiger partial charge in [-0.05, 0) is 12.1 Å². The summed E-state index contributed by atoms with van der Waals surface area (Å²) in [5.41, 5.74) is 9.58. The molecule has 3 N–H and O–H groups in total. The number of nitrogens with one attached hydrogen (secondary N) is 1. The number of aromatic nitrogens is 2. The number of hydrogen-bond donors (Lipinski definition) is 2. The lowest BCUT2D eigenvalue weighted by molar-refractivity contribution is 1.32. The number of nitrogens with two attached hydrogens (primary N) is 1. The molecule has 0 saturated carbocycles. The normalized spacial score (nSPS) is 10.6. The lowest BCUT2D eigenvalue weighted by Crippen LogP contribution is -1.85. The summed E-state index contributed by atoms with van der Waals surface area (Å²) in [7, 11) is 0. The van der Waals surface area contributed by atoms with Crippen molar-refractivity contribution in [3.05, 3.63) is 59.6 Å². The molecular formula is C15H12ClN3. The van der Waals surface area contributed by atoms with E-state index in [2.05, 4.69) is 9.97 Å². The molecule has 0 aliphatic heterocycles. The highest BCUT2D eigenvalue weighted by Crippen LogP contribution is 2.31. The zero-order valence-corrected chi connectivity index (χ0v) is 10.9. The minimum atomic E-state index is 0.406. The number of nitrogen functional groups attached to an aromatic ring is 1. The number of aromatic amines is 1. The molecule has 0 spiro atoms. The molecule has 0 aliphatic rings. The number of nitrogens with zero attached hydrogens (tertiary/aromatic N) is 1. The highest BCUT2D eigenvalue weighted by atomic mass is 35.5. The molecule has 0 fully saturated rings. The van der Waals surface area contributed by atoms with Crippen molar-refractivity contribution in [3.63, 3.8) is 0 Å². The van der Waals surface area contributed by atoms with E-state index in [1.165, 1.54) is 0 Å². The summed E-state index contributed by atoms with van der Waals surface area (Å²) in [6, 6.07) is 17.5. The predicted molar refractivity (Wildman–Crippen MR) is 78.9 cm³/mol. The Bertz CT molecular complexity index is 687. The topological polar surface area (TPSA) is 54.7 Å². The van der Waals surface area contributed by atoms with Gasteiger partial charge in [0.05, 0.1) is 11.4 Å². The third-order valence-electron chi connectivity index (χ3n) is 2.90. The van der Waals surface area contributed by atoms with Gasteiger partial charge in [-0.2, -0.15) is 0 Å². The van der Waals surface area contributed by atoms with E-state index in [9.17, 15) is 0 Å². The number of imidazole rings is 1. The number of benzene rings is 2. The maximum Gasteiger partial charge on any atom is 0.198 e. The van der Waals surface area contributed by atoms with Gasteiger partial charge in [0.25, 0.3) is 0 Å². The van der Waals surface area contributed by atoms with Gasteiger partial charge in [-0.3, -0.25) is 0 Å². The van der Waals surface area contributed by atoms with E-state index >= 15 is 0 Å². The van der Waals surface area contributed by atoms with Crippen LogP contribution in [0, 0.1) is 0 Å². The second-order valence-electron chi connectivity index (χ2n) is 4.22. The van der Waals surface area contributed by atoms with Gasteiger partial charge in [0, 0.05) is 16.1 Å². The van der Waals surface area contributed by atoms with Crippen molar-refractivity contribution in [2.24, 2.45) is 0 Å². The quantitative estimate of drug-likeness (QED) is 0.739. The van der Waals surface area contributed by atoms with Crippen LogP contribution in [0.5, 0.6) is 0 Å². The SMILES string of the molecule is Nc1nc(-c2ccccc2)c(-c2ccc(Cl)cc2)[nH]1. The Hall–Kier alpha value is -2.26. The Kier molecular flexibility index (Phi) is 2.97. The van der Waals surface area contributed by atoms with E-state index in [1.54, 1.807) is 0 Å². The number of hydrogen-bond acceptors (Lipinski definition) is 2. The first-order valence-corrected chi connectivity index (χ1v) is 6.28. The first kappa shape index (κ1) is 11.8. The Morgan fingerprint density at radius 1 is 0.895 bits per heavy atom. The number of halogens is 1. The van der Waals surface area contributed by atoms with Gasteiger partial charge in [-0.15, -0.1) is 0 Å². The summed E-state index contributed by atoms with van der Waals surface area (Å²) in [4.78, 5) is 7.47. The molecule has 1 aromatic heterocycles. The largest absolute Gasteiger partial charge is 0.369 e. The standard InChI is InChI=1S/C15H12ClN3/c16-12-8-6-11(7-9-12)14-13(18-15(17)19-14)10-4-2-1-3-5-10/h1-9H,(H3,17,18,19). The van der Waals surface area contributed by atoms with Gasteiger partial charge in [0.1, 0.15) is 0 Å². The van der Waals surface area contributed by atoms with E-state index < -0.39 is 0 Å². The molecule has 2 aromatic carbocycles. The molecule has 3 rings (SSSR count). The van der Waals surface area contributed by atoms with Crippen molar-refractivity contribution in [1.29, 1.82) is 0 Å². The maximum absolute atomic E-state index is 5.91. The molecule has 0 aliphatic carbocycles. The van der Waals surface area contributed by atoms with E-state index in [1.807, 2.05) is 54.6 Å². The van der Waals surface area contributed by atoms with Crippen molar-refractivity contribution in [2.75, 3.05) is 5.73 Å². The summed E-state index contributed by atoms with van der Waals surface area (Å²) in [6.07, 6.45) is 0. The highest BCUT2D eigenvalue weighted by Gasteiger charge is 2.12. The molecule has 3 nitrogen and oxygen atoms in total. The van der Waals surface area contributed by atoms with Crippen LogP contribution in [0.15, 0.2) is 54.6 Å². The van der Waals surface area contributed by atoms with E-state index in [4.69, 9.17) is 17.3 Å². The van der Waals surface area contributed by atoms with E-state index in [0.717, 1.165) is 22.5 Å². The number of anilines is 1. The van der Waals surface area contributed by atoms with Crippen molar-refractivity contribution in [1.82, 2.24) is 9.97 Å². The van der Waals surface area contributed by atoms with Crippen molar-refractivity contribution in [3.8, 4) is 22.5 Å². The lowest BCUT2D eigenvalue weighted by atomic mass is 10.1. The Balaban J connectivity index is 2.15. The minimum absolute atomic E-state index is 0.406. The Morgan fingerprint density at radius 2 is 1.58 bits per heavy atom. The van der Waals surface area contributed by atoms with Crippen LogP contribution in [0.4, 0.5) is 5.95 Å². The summed E-state index contributed by atoms with van der Waals surface area (Å²) in [5, 5.41) is 0.706. The second-order valence-corrected chi connectivity index (χ2v) is 4.66. The average molecular weight is 270 g/mol. The number of H-pyrrole nitrogens is 1. The fourth-order valence-electron chi connectivity index (χ4n) is 2.02. The average Bonchev–Trinajstić information content (AvgIpc) is 2.83. The molecule has 94 valence electrons. The molecule has 4 heteroatoms. The third kappa shape index (κ3) is 2.33. The van der Waals surface area contributed by atoms with Crippen LogP contribution in [0.3, 0.4) is 0 Å². The fraction of sp³-hybridized carbons (Fsp3) is 0. The van der Waals surface area contributed by atoms with Crippen LogP contribution in [0.25, 0.3) is 22.5 Å². The summed E-state index contributed by atoms with van der Waals surface area (Å²) in [5.74, 6) is 0.406. The molecular weight excluding hydrogens is 258 g/mol. The zero-order chi connectivity index (χ0) is 13.2. The molecule has 0 radical (unpaired) electrons. The van der Waals surface area contributed by atoms with Gasteiger partial charge in [0.2, 0.25) is 0 Å². The van der Waals surface area contributed by atoms with Gasteiger partial charge in [-0.1, -0.05) is 54.1 Å². The molecule has 0 bridgehead atoms. The van der Waals surface area contributed by atoms with Gasteiger partial charge in [-0.25, -0.2) is 4.98 Å². The molecule has 0 amide bonds. The fourth-order valence-corrected chi connectivity index (χ4v) is 2.15. The van der Waals surface area contributed by atoms with Crippen LogP contribution in [0.1, 0.15) is 0 Å². The second kappa shape index (κ2) is 4.78. The van der Waals surface area contributed by atoms with Crippen molar-refractivity contribution >= 4 is 17.5 Å². The van der Waals surface area contributed by atoms with Gasteiger partial charge < -0.3 is 10.7 Å². The molecule has 0 unspecified atom stereocenters.